The molecule has 0 bridgehead atoms. The first kappa shape index (κ1) is 16.3. The smallest absolute Gasteiger partial charge is 0.0252 e. The molecular weight excluding hydrogens is 246 g/mol. The summed E-state index contributed by atoms with van der Waals surface area (Å²) in [6.07, 6.45) is 8.80. The maximum Gasteiger partial charge on any atom is 0.0252 e. The predicted octanol–water partition coefficient (Wildman–Crippen LogP) is 2.57. The largest absolute Gasteiger partial charge is 0.314 e. The zero-order valence-electron chi connectivity index (χ0n) is 13.7. The highest BCUT2D eigenvalue weighted by Crippen LogP contribution is 2.29. The van der Waals surface area contributed by atoms with Gasteiger partial charge in [0.05, 0.1) is 0 Å². The maximum atomic E-state index is 3.51. The van der Waals surface area contributed by atoms with E-state index in [1.165, 1.54) is 84.3 Å². The minimum absolute atomic E-state index is 0.801. The van der Waals surface area contributed by atoms with Crippen molar-refractivity contribution in [1.82, 2.24) is 15.1 Å². The molecule has 1 heterocycles. The molecule has 0 radical (unpaired) electrons. The van der Waals surface area contributed by atoms with E-state index in [2.05, 4.69) is 29.0 Å². The topological polar surface area (TPSA) is 18.5 Å². The van der Waals surface area contributed by atoms with Gasteiger partial charge in [0, 0.05) is 38.8 Å². The summed E-state index contributed by atoms with van der Waals surface area (Å²) in [5, 5.41) is 3.51. The lowest BCUT2D eigenvalue weighted by Crippen LogP contribution is -2.54. The predicted molar refractivity (Wildman–Crippen MR) is 87.2 cm³/mol. The molecule has 1 saturated carbocycles. The highest BCUT2D eigenvalue weighted by atomic mass is 15.2. The zero-order chi connectivity index (χ0) is 14.2. The molecule has 0 spiro atoms. The molecule has 2 aliphatic rings. The Labute approximate surface area is 126 Å². The van der Waals surface area contributed by atoms with Gasteiger partial charge in [-0.25, -0.2) is 0 Å². The second kappa shape index (κ2) is 9.01. The van der Waals surface area contributed by atoms with E-state index in [-0.39, 0.29) is 0 Å². The number of piperazine rings is 1. The third-order valence-corrected chi connectivity index (χ3v) is 5.40. The summed E-state index contributed by atoms with van der Waals surface area (Å²) >= 11 is 0. The number of likely N-dealkylation sites (N-methyl/N-ethyl adjacent to an activating group) is 1. The van der Waals surface area contributed by atoms with Crippen LogP contribution in [-0.4, -0.2) is 61.7 Å². The van der Waals surface area contributed by atoms with Crippen LogP contribution < -0.4 is 5.32 Å². The molecule has 1 aliphatic carbocycles. The molecule has 2 fully saturated rings. The lowest BCUT2D eigenvalue weighted by atomic mass is 9.89. The minimum Gasteiger partial charge on any atom is -0.314 e. The van der Waals surface area contributed by atoms with Crippen LogP contribution in [-0.2, 0) is 0 Å². The minimum atomic E-state index is 0.801. The second-order valence-electron chi connectivity index (χ2n) is 6.59. The van der Waals surface area contributed by atoms with Crippen LogP contribution in [0.15, 0.2) is 0 Å². The fourth-order valence-corrected chi connectivity index (χ4v) is 4.02. The number of hydrogen-bond acceptors (Lipinski definition) is 3. The normalized spacial score (nSPS) is 24.8. The standard InChI is InChI=1S/C17H35N3/c1-3-19(4-2)15-17(20-13-11-18-12-14-20)16-9-7-5-6-8-10-16/h16-18H,3-15H2,1-2H3. The van der Waals surface area contributed by atoms with Gasteiger partial charge in [-0.3, -0.25) is 4.90 Å². The number of nitrogens with one attached hydrogen (secondary N) is 1. The van der Waals surface area contributed by atoms with Crippen LogP contribution in [0.4, 0.5) is 0 Å². The van der Waals surface area contributed by atoms with Crippen molar-refractivity contribution >= 4 is 0 Å². The Morgan fingerprint density at radius 3 is 2.15 bits per heavy atom. The van der Waals surface area contributed by atoms with Crippen LogP contribution in [0.2, 0.25) is 0 Å². The van der Waals surface area contributed by atoms with E-state index in [4.69, 9.17) is 0 Å². The van der Waals surface area contributed by atoms with Gasteiger partial charge in [-0.1, -0.05) is 39.5 Å². The molecule has 1 aliphatic heterocycles. The number of rotatable bonds is 6. The molecule has 1 unspecified atom stereocenters. The van der Waals surface area contributed by atoms with Crippen molar-refractivity contribution in [2.45, 2.75) is 58.4 Å². The first-order chi connectivity index (χ1) is 9.85. The fourth-order valence-electron chi connectivity index (χ4n) is 4.02. The molecular formula is C17H35N3. The van der Waals surface area contributed by atoms with E-state index in [1.54, 1.807) is 0 Å². The lowest BCUT2D eigenvalue weighted by Gasteiger charge is -2.41. The molecule has 1 N–H and O–H groups in total. The van der Waals surface area contributed by atoms with Gasteiger partial charge in [0.25, 0.3) is 0 Å². The van der Waals surface area contributed by atoms with E-state index in [9.17, 15) is 0 Å². The quantitative estimate of drug-likeness (QED) is 0.755. The molecule has 0 aromatic carbocycles. The molecule has 20 heavy (non-hydrogen) atoms. The highest BCUT2D eigenvalue weighted by Gasteiger charge is 2.29. The van der Waals surface area contributed by atoms with Crippen molar-refractivity contribution in [1.29, 1.82) is 0 Å². The van der Waals surface area contributed by atoms with Gasteiger partial charge in [0.15, 0.2) is 0 Å². The summed E-state index contributed by atoms with van der Waals surface area (Å²) in [4.78, 5) is 5.43. The van der Waals surface area contributed by atoms with Gasteiger partial charge in [0.1, 0.15) is 0 Å². The Bertz CT molecular complexity index is 239. The summed E-state index contributed by atoms with van der Waals surface area (Å²) < 4.78 is 0. The average Bonchev–Trinajstić information content (AvgIpc) is 2.78. The Hall–Kier alpha value is -0.120. The molecule has 1 atom stereocenters. The second-order valence-corrected chi connectivity index (χ2v) is 6.59. The number of nitrogens with zero attached hydrogens (tertiary/aromatic N) is 2. The van der Waals surface area contributed by atoms with Crippen LogP contribution >= 0.6 is 0 Å². The van der Waals surface area contributed by atoms with E-state index in [1.807, 2.05) is 0 Å². The molecule has 1 saturated heterocycles. The van der Waals surface area contributed by atoms with Gasteiger partial charge < -0.3 is 10.2 Å². The molecule has 3 nitrogen and oxygen atoms in total. The molecule has 0 aromatic rings. The van der Waals surface area contributed by atoms with Crippen molar-refractivity contribution in [3.05, 3.63) is 0 Å². The van der Waals surface area contributed by atoms with Gasteiger partial charge in [-0.2, -0.15) is 0 Å². The molecule has 0 amide bonds. The summed E-state index contributed by atoms with van der Waals surface area (Å²) in [7, 11) is 0. The molecule has 118 valence electrons. The van der Waals surface area contributed by atoms with E-state index < -0.39 is 0 Å². The molecule has 3 heteroatoms. The van der Waals surface area contributed by atoms with Crippen molar-refractivity contribution in [3.63, 3.8) is 0 Å². The molecule has 0 aromatic heterocycles. The third kappa shape index (κ3) is 4.71. The average molecular weight is 281 g/mol. The van der Waals surface area contributed by atoms with Gasteiger partial charge in [0.2, 0.25) is 0 Å². The summed E-state index contributed by atoms with van der Waals surface area (Å²) in [5.41, 5.74) is 0. The van der Waals surface area contributed by atoms with Crippen LogP contribution in [0.5, 0.6) is 0 Å². The Morgan fingerprint density at radius 1 is 1.00 bits per heavy atom. The van der Waals surface area contributed by atoms with Gasteiger partial charge in [-0.15, -0.1) is 0 Å². The SMILES string of the molecule is CCN(CC)CC(C1CCCCCC1)N1CCNCC1. The van der Waals surface area contributed by atoms with Crippen LogP contribution in [0.3, 0.4) is 0 Å². The third-order valence-electron chi connectivity index (χ3n) is 5.40. The Kier molecular flexibility index (Phi) is 7.32. The van der Waals surface area contributed by atoms with E-state index in [0.29, 0.717) is 0 Å². The molecule has 2 rings (SSSR count). The number of hydrogen-bond donors (Lipinski definition) is 1. The highest BCUT2D eigenvalue weighted by molar-refractivity contribution is 4.86. The van der Waals surface area contributed by atoms with Crippen molar-refractivity contribution in [2.24, 2.45) is 5.92 Å². The van der Waals surface area contributed by atoms with Crippen molar-refractivity contribution < 1.29 is 0 Å². The lowest BCUT2D eigenvalue weighted by molar-refractivity contribution is 0.0810. The van der Waals surface area contributed by atoms with Crippen LogP contribution in [0.25, 0.3) is 0 Å². The van der Waals surface area contributed by atoms with Gasteiger partial charge in [-0.05, 0) is 31.8 Å². The van der Waals surface area contributed by atoms with Crippen molar-refractivity contribution in [2.75, 3.05) is 45.8 Å². The van der Waals surface area contributed by atoms with E-state index >= 15 is 0 Å². The Balaban J connectivity index is 2.00. The van der Waals surface area contributed by atoms with Crippen molar-refractivity contribution in [3.8, 4) is 0 Å². The first-order valence-corrected chi connectivity index (χ1v) is 9.02. The van der Waals surface area contributed by atoms with E-state index in [0.717, 1.165) is 12.0 Å². The summed E-state index contributed by atoms with van der Waals surface area (Å²) in [6.45, 7) is 13.2. The Morgan fingerprint density at radius 2 is 1.60 bits per heavy atom. The zero-order valence-corrected chi connectivity index (χ0v) is 13.7. The van der Waals surface area contributed by atoms with Crippen LogP contribution in [0, 0.1) is 5.92 Å². The maximum absolute atomic E-state index is 3.51. The summed E-state index contributed by atoms with van der Waals surface area (Å²) in [6, 6.07) is 0.801. The van der Waals surface area contributed by atoms with Crippen LogP contribution in [0.1, 0.15) is 52.4 Å². The first-order valence-electron chi connectivity index (χ1n) is 9.02. The summed E-state index contributed by atoms with van der Waals surface area (Å²) in [5.74, 6) is 0.941. The fraction of sp³-hybridized carbons (Fsp3) is 1.00. The van der Waals surface area contributed by atoms with Gasteiger partial charge >= 0.3 is 0 Å². The monoisotopic (exact) mass is 281 g/mol.